The molecule has 1 fully saturated rings. The van der Waals surface area contributed by atoms with E-state index in [9.17, 15) is 4.39 Å². The first-order chi connectivity index (χ1) is 9.85. The van der Waals surface area contributed by atoms with Crippen LogP contribution in [0.4, 0.5) is 10.1 Å². The first-order valence-electron chi connectivity index (χ1n) is 8.08. The van der Waals surface area contributed by atoms with Gasteiger partial charge in [0.15, 0.2) is 0 Å². The van der Waals surface area contributed by atoms with E-state index in [1.165, 1.54) is 31.4 Å². The second-order valence-corrected chi connectivity index (χ2v) is 7.61. The maximum absolute atomic E-state index is 13.0. The molecule has 0 aliphatic heterocycles. The quantitative estimate of drug-likeness (QED) is 0.801. The molecule has 0 spiro atoms. The standard InChI is InChI=1S/C18H29FN2/c1-17(2,3)14-5-4-11-18(13-20,12-10-14)21-16-8-6-15(19)7-9-16/h6-9,14,21H,4-5,10-13,20H2,1-3H3. The third-order valence-corrected chi connectivity index (χ3v) is 5.05. The van der Waals surface area contributed by atoms with Crippen LogP contribution in [0, 0.1) is 17.2 Å². The molecular weight excluding hydrogens is 263 g/mol. The molecule has 21 heavy (non-hydrogen) atoms. The maximum Gasteiger partial charge on any atom is 0.123 e. The molecule has 0 radical (unpaired) electrons. The van der Waals surface area contributed by atoms with E-state index in [1.54, 1.807) is 12.1 Å². The van der Waals surface area contributed by atoms with Gasteiger partial charge in [-0.2, -0.15) is 0 Å². The number of nitrogens with one attached hydrogen (secondary N) is 1. The minimum absolute atomic E-state index is 0.0438. The Balaban J connectivity index is 2.09. The highest BCUT2D eigenvalue weighted by molar-refractivity contribution is 5.45. The zero-order chi connectivity index (χ0) is 15.5. The SMILES string of the molecule is CC(C)(C)C1CCCC(CN)(Nc2ccc(F)cc2)CC1. The number of benzene rings is 1. The summed E-state index contributed by atoms with van der Waals surface area (Å²) in [4.78, 5) is 0. The smallest absolute Gasteiger partial charge is 0.123 e. The summed E-state index contributed by atoms with van der Waals surface area (Å²) < 4.78 is 13.0. The van der Waals surface area contributed by atoms with Gasteiger partial charge < -0.3 is 11.1 Å². The molecule has 3 N–H and O–H groups in total. The van der Waals surface area contributed by atoms with Gasteiger partial charge >= 0.3 is 0 Å². The van der Waals surface area contributed by atoms with Crippen LogP contribution in [0.3, 0.4) is 0 Å². The molecule has 118 valence electrons. The molecular formula is C18H29FN2. The van der Waals surface area contributed by atoms with Gasteiger partial charge in [-0.1, -0.05) is 27.2 Å². The predicted octanol–water partition coefficient (Wildman–Crippen LogP) is 4.56. The molecule has 2 rings (SSSR count). The molecule has 0 bridgehead atoms. The van der Waals surface area contributed by atoms with E-state index in [2.05, 4.69) is 26.1 Å². The Kier molecular flexibility index (Phi) is 4.92. The highest BCUT2D eigenvalue weighted by Gasteiger charge is 2.35. The van der Waals surface area contributed by atoms with Gasteiger partial charge in [-0.3, -0.25) is 0 Å². The number of hydrogen-bond acceptors (Lipinski definition) is 2. The second kappa shape index (κ2) is 6.35. The van der Waals surface area contributed by atoms with Gasteiger partial charge in [-0.15, -0.1) is 0 Å². The highest BCUT2D eigenvalue weighted by atomic mass is 19.1. The normalized spacial score (nSPS) is 27.2. The van der Waals surface area contributed by atoms with Crippen LogP contribution in [0.15, 0.2) is 24.3 Å². The molecule has 1 aliphatic carbocycles. The van der Waals surface area contributed by atoms with Crippen molar-refractivity contribution >= 4 is 5.69 Å². The van der Waals surface area contributed by atoms with Gasteiger partial charge in [0.25, 0.3) is 0 Å². The van der Waals surface area contributed by atoms with E-state index in [0.717, 1.165) is 24.4 Å². The number of hydrogen-bond donors (Lipinski definition) is 2. The van der Waals surface area contributed by atoms with Gasteiger partial charge in [0.2, 0.25) is 0 Å². The molecule has 1 aromatic carbocycles. The Hall–Kier alpha value is -1.09. The van der Waals surface area contributed by atoms with E-state index in [1.807, 2.05) is 0 Å². The summed E-state index contributed by atoms with van der Waals surface area (Å²) in [5, 5.41) is 3.59. The van der Waals surface area contributed by atoms with Crippen molar-refractivity contribution in [3.63, 3.8) is 0 Å². The fourth-order valence-corrected chi connectivity index (χ4v) is 3.49. The highest BCUT2D eigenvalue weighted by Crippen LogP contribution is 2.40. The topological polar surface area (TPSA) is 38.0 Å². The largest absolute Gasteiger partial charge is 0.378 e. The summed E-state index contributed by atoms with van der Waals surface area (Å²) in [5.74, 6) is 0.553. The molecule has 0 amide bonds. The van der Waals surface area contributed by atoms with Gasteiger partial charge in [-0.25, -0.2) is 4.39 Å². The lowest BCUT2D eigenvalue weighted by Crippen LogP contribution is -2.45. The van der Waals surface area contributed by atoms with E-state index < -0.39 is 0 Å². The summed E-state index contributed by atoms with van der Waals surface area (Å²) in [5.41, 5.74) is 7.39. The first-order valence-corrected chi connectivity index (χ1v) is 8.08. The maximum atomic E-state index is 13.0. The Morgan fingerprint density at radius 3 is 2.43 bits per heavy atom. The lowest BCUT2D eigenvalue weighted by atomic mass is 9.76. The van der Waals surface area contributed by atoms with Crippen molar-refractivity contribution in [1.29, 1.82) is 0 Å². The summed E-state index contributed by atoms with van der Waals surface area (Å²) >= 11 is 0. The van der Waals surface area contributed by atoms with Crippen molar-refractivity contribution in [1.82, 2.24) is 0 Å². The summed E-state index contributed by atoms with van der Waals surface area (Å²) in [6, 6.07) is 6.61. The molecule has 3 heteroatoms. The Morgan fingerprint density at radius 2 is 1.86 bits per heavy atom. The van der Waals surface area contributed by atoms with Crippen LogP contribution in [0.1, 0.15) is 52.9 Å². The molecule has 2 unspecified atom stereocenters. The van der Waals surface area contributed by atoms with Crippen molar-refractivity contribution in [2.75, 3.05) is 11.9 Å². The first kappa shape index (κ1) is 16.3. The minimum atomic E-state index is -0.198. The molecule has 0 saturated heterocycles. The van der Waals surface area contributed by atoms with E-state index >= 15 is 0 Å². The minimum Gasteiger partial charge on any atom is -0.378 e. The molecule has 1 aromatic rings. The molecule has 1 aliphatic rings. The van der Waals surface area contributed by atoms with Crippen molar-refractivity contribution in [3.05, 3.63) is 30.1 Å². The van der Waals surface area contributed by atoms with Crippen molar-refractivity contribution in [2.24, 2.45) is 17.1 Å². The third-order valence-electron chi connectivity index (χ3n) is 5.05. The van der Waals surface area contributed by atoms with Crippen molar-refractivity contribution in [3.8, 4) is 0 Å². The lowest BCUT2D eigenvalue weighted by Gasteiger charge is -2.35. The fraction of sp³-hybridized carbons (Fsp3) is 0.667. The second-order valence-electron chi connectivity index (χ2n) is 7.61. The average Bonchev–Trinajstić information content (AvgIpc) is 2.64. The fourth-order valence-electron chi connectivity index (χ4n) is 3.49. The number of rotatable bonds is 3. The van der Waals surface area contributed by atoms with Crippen molar-refractivity contribution < 1.29 is 4.39 Å². The van der Waals surface area contributed by atoms with Crippen LogP contribution >= 0.6 is 0 Å². The van der Waals surface area contributed by atoms with E-state index in [4.69, 9.17) is 5.73 Å². The van der Waals surface area contributed by atoms with Crippen LogP contribution < -0.4 is 11.1 Å². The zero-order valence-corrected chi connectivity index (χ0v) is 13.6. The van der Waals surface area contributed by atoms with Gasteiger partial charge in [-0.05, 0) is 61.3 Å². The van der Waals surface area contributed by atoms with Crippen LogP contribution in [0.25, 0.3) is 0 Å². The van der Waals surface area contributed by atoms with Crippen LogP contribution in [-0.2, 0) is 0 Å². The van der Waals surface area contributed by atoms with Crippen molar-refractivity contribution in [2.45, 2.75) is 58.4 Å². The molecule has 1 saturated carbocycles. The van der Waals surface area contributed by atoms with Crippen LogP contribution in [-0.4, -0.2) is 12.1 Å². The lowest BCUT2D eigenvalue weighted by molar-refractivity contribution is 0.212. The Bertz CT molecular complexity index is 449. The summed E-state index contributed by atoms with van der Waals surface area (Å²) in [6.07, 6.45) is 5.86. The van der Waals surface area contributed by atoms with E-state index in [0.29, 0.717) is 12.0 Å². The number of nitrogens with two attached hydrogens (primary N) is 1. The molecule has 2 nitrogen and oxygen atoms in total. The van der Waals surface area contributed by atoms with E-state index in [-0.39, 0.29) is 11.4 Å². The Labute approximate surface area is 128 Å². The molecule has 0 aromatic heterocycles. The number of halogens is 1. The van der Waals surface area contributed by atoms with Crippen LogP contribution in [0.5, 0.6) is 0 Å². The van der Waals surface area contributed by atoms with Gasteiger partial charge in [0.1, 0.15) is 5.82 Å². The number of anilines is 1. The Morgan fingerprint density at radius 1 is 1.19 bits per heavy atom. The molecule has 2 atom stereocenters. The average molecular weight is 292 g/mol. The van der Waals surface area contributed by atoms with Gasteiger partial charge in [0.05, 0.1) is 0 Å². The molecule has 0 heterocycles. The summed E-state index contributed by atoms with van der Waals surface area (Å²) in [7, 11) is 0. The summed E-state index contributed by atoms with van der Waals surface area (Å²) in [6.45, 7) is 7.63. The van der Waals surface area contributed by atoms with Gasteiger partial charge in [0, 0.05) is 17.8 Å². The van der Waals surface area contributed by atoms with Crippen LogP contribution in [0.2, 0.25) is 0 Å². The predicted molar refractivity (Wildman–Crippen MR) is 87.8 cm³/mol. The monoisotopic (exact) mass is 292 g/mol. The third kappa shape index (κ3) is 4.19. The zero-order valence-electron chi connectivity index (χ0n) is 13.6.